The van der Waals surface area contributed by atoms with E-state index in [1.165, 1.54) is 0 Å². The van der Waals surface area contributed by atoms with E-state index < -0.39 is 0 Å². The molecular formula is C7H12ClNO. The fourth-order valence-electron chi connectivity index (χ4n) is 1.24. The van der Waals surface area contributed by atoms with Crippen LogP contribution < -0.4 is 5.32 Å². The summed E-state index contributed by atoms with van der Waals surface area (Å²) < 4.78 is 0. The molecule has 2 nitrogen and oxygen atoms in total. The minimum atomic E-state index is 0.192. The average molecular weight is 162 g/mol. The molecule has 0 bridgehead atoms. The Morgan fingerprint density at radius 1 is 1.70 bits per heavy atom. The van der Waals surface area contributed by atoms with E-state index in [1.54, 1.807) is 0 Å². The molecule has 0 aliphatic carbocycles. The number of halogens is 1. The molecule has 1 saturated heterocycles. The normalized spacial score (nSPS) is 31.2. The summed E-state index contributed by atoms with van der Waals surface area (Å²) in [5.41, 5.74) is 0. The molecule has 1 fully saturated rings. The second kappa shape index (κ2) is 3.24. The largest absolute Gasteiger partial charge is 0.353 e. The standard InChI is InChI=1S/C7H12ClNO/c1-5-6(3-2-4-8)7(10)9-5/h5-6H,2-4H2,1H3,(H,9,10)/t5?,6-/m1/s1. The summed E-state index contributed by atoms with van der Waals surface area (Å²) >= 11 is 5.49. The predicted molar refractivity (Wildman–Crippen MR) is 41.0 cm³/mol. The summed E-state index contributed by atoms with van der Waals surface area (Å²) in [5, 5.41) is 2.78. The Kier molecular flexibility index (Phi) is 2.55. The molecule has 0 aromatic rings. The molecule has 1 unspecified atom stereocenters. The minimum Gasteiger partial charge on any atom is -0.353 e. The van der Waals surface area contributed by atoms with E-state index in [2.05, 4.69) is 5.32 Å². The highest BCUT2D eigenvalue weighted by Crippen LogP contribution is 2.19. The number of carbonyl (C=O) groups is 1. The number of rotatable bonds is 3. The van der Waals surface area contributed by atoms with Gasteiger partial charge in [-0.1, -0.05) is 0 Å². The van der Waals surface area contributed by atoms with Crippen LogP contribution in [0.1, 0.15) is 19.8 Å². The summed E-state index contributed by atoms with van der Waals surface area (Å²) in [6.45, 7) is 2.03. The third kappa shape index (κ3) is 1.43. The second-order valence-electron chi connectivity index (χ2n) is 2.73. The molecule has 3 heteroatoms. The minimum absolute atomic E-state index is 0.192. The van der Waals surface area contributed by atoms with E-state index in [9.17, 15) is 4.79 Å². The maximum absolute atomic E-state index is 10.8. The van der Waals surface area contributed by atoms with Crippen molar-refractivity contribution in [2.24, 2.45) is 5.92 Å². The van der Waals surface area contributed by atoms with Gasteiger partial charge in [0.1, 0.15) is 0 Å². The fourth-order valence-corrected chi connectivity index (χ4v) is 1.40. The van der Waals surface area contributed by atoms with E-state index in [4.69, 9.17) is 11.6 Å². The Morgan fingerprint density at radius 2 is 2.40 bits per heavy atom. The molecule has 2 atom stereocenters. The highest BCUT2D eigenvalue weighted by Gasteiger charge is 2.34. The summed E-state index contributed by atoms with van der Waals surface area (Å²) in [4.78, 5) is 10.8. The maximum atomic E-state index is 10.8. The lowest BCUT2D eigenvalue weighted by molar-refractivity contribution is -0.134. The molecule has 1 aliphatic rings. The first-order valence-corrected chi connectivity index (χ1v) is 4.15. The third-order valence-electron chi connectivity index (χ3n) is 1.96. The van der Waals surface area contributed by atoms with Crippen molar-refractivity contribution < 1.29 is 4.79 Å². The molecule has 1 aliphatic heterocycles. The maximum Gasteiger partial charge on any atom is 0.225 e. The van der Waals surface area contributed by atoms with Gasteiger partial charge < -0.3 is 5.32 Å². The van der Waals surface area contributed by atoms with Crippen LogP contribution in [0.4, 0.5) is 0 Å². The zero-order valence-corrected chi connectivity index (χ0v) is 6.82. The number of β-lactam (4-membered cyclic amide) rings is 1. The first kappa shape index (κ1) is 7.86. The van der Waals surface area contributed by atoms with Crippen molar-refractivity contribution in [3.8, 4) is 0 Å². The first-order chi connectivity index (χ1) is 4.75. The molecule has 1 N–H and O–H groups in total. The lowest BCUT2D eigenvalue weighted by Crippen LogP contribution is -2.56. The van der Waals surface area contributed by atoms with Crippen molar-refractivity contribution in [2.75, 3.05) is 5.88 Å². The van der Waals surface area contributed by atoms with Crippen LogP contribution in [0, 0.1) is 5.92 Å². The lowest BCUT2D eigenvalue weighted by Gasteiger charge is -2.33. The number of alkyl halides is 1. The number of carbonyl (C=O) groups excluding carboxylic acids is 1. The number of nitrogens with one attached hydrogen (secondary N) is 1. The summed E-state index contributed by atoms with van der Waals surface area (Å²) in [6, 6.07) is 0.371. The quantitative estimate of drug-likeness (QED) is 0.488. The monoisotopic (exact) mass is 161 g/mol. The van der Waals surface area contributed by atoms with Crippen LogP contribution in [-0.2, 0) is 4.79 Å². The molecule has 0 aromatic heterocycles. The van der Waals surface area contributed by atoms with E-state index in [0.717, 1.165) is 12.8 Å². The van der Waals surface area contributed by atoms with Crippen molar-refractivity contribution in [1.82, 2.24) is 5.32 Å². The Hall–Kier alpha value is -0.240. The van der Waals surface area contributed by atoms with Gasteiger partial charge in [-0.2, -0.15) is 0 Å². The van der Waals surface area contributed by atoms with Gasteiger partial charge in [0.15, 0.2) is 0 Å². The Bertz CT molecular complexity index is 138. The second-order valence-corrected chi connectivity index (χ2v) is 3.11. The molecule has 0 radical (unpaired) electrons. The molecule has 0 aromatic carbocycles. The van der Waals surface area contributed by atoms with Crippen LogP contribution in [0.5, 0.6) is 0 Å². The van der Waals surface area contributed by atoms with Gasteiger partial charge in [-0.3, -0.25) is 4.79 Å². The fraction of sp³-hybridized carbons (Fsp3) is 0.857. The van der Waals surface area contributed by atoms with E-state index >= 15 is 0 Å². The van der Waals surface area contributed by atoms with Gasteiger partial charge in [0.2, 0.25) is 5.91 Å². The zero-order chi connectivity index (χ0) is 7.56. The van der Waals surface area contributed by atoms with Crippen LogP contribution in [0.25, 0.3) is 0 Å². The first-order valence-electron chi connectivity index (χ1n) is 3.62. The van der Waals surface area contributed by atoms with E-state index in [-0.39, 0.29) is 11.8 Å². The summed E-state index contributed by atoms with van der Waals surface area (Å²) in [7, 11) is 0. The average Bonchev–Trinajstić information content (AvgIpc) is 1.89. The van der Waals surface area contributed by atoms with Crippen LogP contribution in [0.2, 0.25) is 0 Å². The van der Waals surface area contributed by atoms with Gasteiger partial charge in [0, 0.05) is 11.9 Å². The van der Waals surface area contributed by atoms with Crippen molar-refractivity contribution >= 4 is 17.5 Å². The van der Waals surface area contributed by atoms with Gasteiger partial charge in [-0.15, -0.1) is 11.6 Å². The molecule has 0 spiro atoms. The predicted octanol–water partition coefficient (Wildman–Crippen LogP) is 1.14. The van der Waals surface area contributed by atoms with Gasteiger partial charge in [0.25, 0.3) is 0 Å². The summed E-state index contributed by atoms with van der Waals surface area (Å²) in [5.74, 6) is 1.09. The number of amides is 1. The van der Waals surface area contributed by atoms with Crippen LogP contribution in [0.15, 0.2) is 0 Å². The summed E-state index contributed by atoms with van der Waals surface area (Å²) in [6.07, 6.45) is 1.89. The number of hydrogen-bond donors (Lipinski definition) is 1. The smallest absolute Gasteiger partial charge is 0.225 e. The molecule has 1 rings (SSSR count). The van der Waals surface area contributed by atoms with E-state index in [0.29, 0.717) is 11.9 Å². The Balaban J connectivity index is 2.20. The molecule has 1 amide bonds. The van der Waals surface area contributed by atoms with Gasteiger partial charge in [0.05, 0.1) is 5.92 Å². The number of hydrogen-bond acceptors (Lipinski definition) is 1. The SMILES string of the molecule is CC1NC(=O)[C@@H]1CCCCl. The molecule has 10 heavy (non-hydrogen) atoms. The highest BCUT2D eigenvalue weighted by atomic mass is 35.5. The molecule has 0 saturated carbocycles. The Morgan fingerprint density at radius 3 is 2.80 bits per heavy atom. The van der Waals surface area contributed by atoms with Gasteiger partial charge >= 0.3 is 0 Å². The molecular weight excluding hydrogens is 150 g/mol. The van der Waals surface area contributed by atoms with Crippen LogP contribution in [-0.4, -0.2) is 17.8 Å². The topological polar surface area (TPSA) is 29.1 Å². The van der Waals surface area contributed by atoms with Gasteiger partial charge in [-0.25, -0.2) is 0 Å². The molecule has 1 heterocycles. The highest BCUT2D eigenvalue weighted by molar-refractivity contribution is 6.17. The van der Waals surface area contributed by atoms with Crippen molar-refractivity contribution in [3.05, 3.63) is 0 Å². The van der Waals surface area contributed by atoms with Gasteiger partial charge in [-0.05, 0) is 19.8 Å². The molecule has 58 valence electrons. The van der Waals surface area contributed by atoms with E-state index in [1.807, 2.05) is 6.92 Å². The Labute approximate surface area is 65.9 Å². The van der Waals surface area contributed by atoms with Crippen molar-refractivity contribution in [2.45, 2.75) is 25.8 Å². The van der Waals surface area contributed by atoms with Crippen molar-refractivity contribution in [3.63, 3.8) is 0 Å². The zero-order valence-electron chi connectivity index (χ0n) is 6.06. The van der Waals surface area contributed by atoms with Crippen LogP contribution >= 0.6 is 11.6 Å². The lowest BCUT2D eigenvalue weighted by atomic mass is 9.88. The third-order valence-corrected chi connectivity index (χ3v) is 2.23. The van der Waals surface area contributed by atoms with Crippen LogP contribution in [0.3, 0.4) is 0 Å². The van der Waals surface area contributed by atoms with Crippen molar-refractivity contribution in [1.29, 1.82) is 0 Å².